The number of nitrogens with zero attached hydrogens (tertiary/aromatic N) is 3. The molecule has 3 aromatic rings. The molecule has 1 aromatic heterocycles. The van der Waals surface area contributed by atoms with Crippen molar-refractivity contribution in [3.63, 3.8) is 0 Å². The SMILES string of the molecule is CC(=CC(C)=Cc1c(C)[nH]n(-c2ccc(C(=O)O)cc2)c1=O)C=C1C(=O)N(c2ccc(C(=O)O)cc2)N=C1C. The van der Waals surface area contributed by atoms with Gasteiger partial charge in [0.1, 0.15) is 0 Å². The van der Waals surface area contributed by atoms with E-state index in [1.54, 1.807) is 38.1 Å². The Hall–Kier alpha value is -5.25. The first-order chi connectivity index (χ1) is 18.5. The molecule has 1 aliphatic heterocycles. The molecule has 10 heteroatoms. The molecule has 4 rings (SSSR count). The minimum Gasteiger partial charge on any atom is -0.478 e. The van der Waals surface area contributed by atoms with Crippen molar-refractivity contribution in [2.75, 3.05) is 5.01 Å². The molecule has 39 heavy (non-hydrogen) atoms. The second-order valence-corrected chi connectivity index (χ2v) is 9.13. The van der Waals surface area contributed by atoms with Crippen molar-refractivity contribution in [1.29, 1.82) is 0 Å². The Morgan fingerprint density at radius 1 is 0.846 bits per heavy atom. The van der Waals surface area contributed by atoms with Gasteiger partial charge in [-0.3, -0.25) is 14.7 Å². The van der Waals surface area contributed by atoms with Crippen LogP contribution in [0.2, 0.25) is 0 Å². The number of aromatic nitrogens is 2. The van der Waals surface area contributed by atoms with Gasteiger partial charge in [0.15, 0.2) is 0 Å². The lowest BCUT2D eigenvalue weighted by atomic mass is 10.1. The molecule has 0 saturated heterocycles. The van der Waals surface area contributed by atoms with E-state index in [0.29, 0.717) is 33.9 Å². The number of aromatic amines is 1. The lowest BCUT2D eigenvalue weighted by molar-refractivity contribution is -0.114. The minimum absolute atomic E-state index is 0.114. The van der Waals surface area contributed by atoms with Gasteiger partial charge in [0, 0.05) is 5.69 Å². The van der Waals surface area contributed by atoms with E-state index in [1.807, 2.05) is 19.9 Å². The van der Waals surface area contributed by atoms with Crippen LogP contribution in [0.3, 0.4) is 0 Å². The number of carboxylic acids is 2. The number of hydrazone groups is 1. The zero-order chi connectivity index (χ0) is 28.4. The summed E-state index contributed by atoms with van der Waals surface area (Å²) in [6.07, 6.45) is 5.30. The summed E-state index contributed by atoms with van der Waals surface area (Å²) in [5, 5.41) is 26.8. The number of benzene rings is 2. The van der Waals surface area contributed by atoms with E-state index in [0.717, 1.165) is 11.1 Å². The molecule has 2 aromatic carbocycles. The van der Waals surface area contributed by atoms with Crippen LogP contribution in [0.4, 0.5) is 5.69 Å². The van der Waals surface area contributed by atoms with Gasteiger partial charge in [0.2, 0.25) is 0 Å². The van der Waals surface area contributed by atoms with Crippen LogP contribution in [0.5, 0.6) is 0 Å². The highest BCUT2D eigenvalue weighted by atomic mass is 16.4. The molecule has 10 nitrogen and oxygen atoms in total. The predicted octanol–water partition coefficient (Wildman–Crippen LogP) is 4.57. The molecule has 1 amide bonds. The van der Waals surface area contributed by atoms with Gasteiger partial charge >= 0.3 is 11.9 Å². The van der Waals surface area contributed by atoms with Crippen LogP contribution in [-0.2, 0) is 4.79 Å². The van der Waals surface area contributed by atoms with Crippen LogP contribution >= 0.6 is 0 Å². The number of hydrogen-bond donors (Lipinski definition) is 3. The standard InChI is InChI=1S/C29H26N4O6/c1-16(14-24-18(3)30-32(26(24)34)22-9-5-20(6-10-22)28(36)37)13-17(2)15-25-19(4)31-33(27(25)35)23-11-7-21(8-12-23)29(38)39/h5-15,30H,1-4H3,(H,36,37)(H,38,39). The van der Waals surface area contributed by atoms with Crippen molar-refractivity contribution in [2.45, 2.75) is 27.7 Å². The largest absolute Gasteiger partial charge is 0.478 e. The number of aryl methyl sites for hydroxylation is 1. The number of anilines is 1. The third kappa shape index (κ3) is 5.54. The lowest BCUT2D eigenvalue weighted by Crippen LogP contribution is -2.21. The number of carbonyl (C=O) groups is 3. The molecule has 3 N–H and O–H groups in total. The fourth-order valence-corrected chi connectivity index (χ4v) is 4.17. The third-order valence-electron chi connectivity index (χ3n) is 6.11. The molecule has 0 fully saturated rings. The second-order valence-electron chi connectivity index (χ2n) is 9.13. The van der Waals surface area contributed by atoms with Gasteiger partial charge < -0.3 is 10.2 Å². The van der Waals surface area contributed by atoms with Crippen LogP contribution < -0.4 is 10.6 Å². The number of aromatic carboxylic acids is 2. The summed E-state index contributed by atoms with van der Waals surface area (Å²) >= 11 is 0. The summed E-state index contributed by atoms with van der Waals surface area (Å²) in [6, 6.07) is 11.9. The second kappa shape index (κ2) is 10.6. The molecule has 2 heterocycles. The molecular formula is C29H26N4O6. The third-order valence-corrected chi connectivity index (χ3v) is 6.11. The predicted molar refractivity (Wildman–Crippen MR) is 148 cm³/mol. The first-order valence-corrected chi connectivity index (χ1v) is 11.9. The van der Waals surface area contributed by atoms with Gasteiger partial charge in [-0.1, -0.05) is 17.2 Å². The Morgan fingerprint density at radius 3 is 1.92 bits per heavy atom. The number of carbonyl (C=O) groups excluding carboxylic acids is 1. The Balaban J connectivity index is 1.56. The topological polar surface area (TPSA) is 145 Å². The van der Waals surface area contributed by atoms with E-state index in [2.05, 4.69) is 10.2 Å². The lowest BCUT2D eigenvalue weighted by Gasteiger charge is -2.11. The Morgan fingerprint density at radius 2 is 1.38 bits per heavy atom. The van der Waals surface area contributed by atoms with Crippen molar-refractivity contribution in [2.24, 2.45) is 5.10 Å². The van der Waals surface area contributed by atoms with Crippen LogP contribution in [0, 0.1) is 6.92 Å². The van der Waals surface area contributed by atoms with Crippen LogP contribution in [0.25, 0.3) is 11.8 Å². The molecule has 0 unspecified atom stereocenters. The number of amides is 1. The summed E-state index contributed by atoms with van der Waals surface area (Å²) in [6.45, 7) is 7.17. The van der Waals surface area contributed by atoms with E-state index in [1.165, 1.54) is 46.1 Å². The zero-order valence-electron chi connectivity index (χ0n) is 21.7. The van der Waals surface area contributed by atoms with Crippen molar-refractivity contribution in [1.82, 2.24) is 9.78 Å². The van der Waals surface area contributed by atoms with Gasteiger partial charge in [0.05, 0.1) is 39.3 Å². The molecule has 0 atom stereocenters. The first-order valence-electron chi connectivity index (χ1n) is 11.9. The molecule has 0 aliphatic carbocycles. The zero-order valence-corrected chi connectivity index (χ0v) is 21.7. The summed E-state index contributed by atoms with van der Waals surface area (Å²) in [5.41, 5.74) is 4.50. The molecule has 0 bridgehead atoms. The number of nitrogens with one attached hydrogen (secondary N) is 1. The average molecular weight is 527 g/mol. The maximum atomic E-state index is 13.1. The average Bonchev–Trinajstić information content (AvgIpc) is 3.33. The van der Waals surface area contributed by atoms with E-state index < -0.39 is 11.9 Å². The van der Waals surface area contributed by atoms with Gasteiger partial charge in [0.25, 0.3) is 11.5 Å². The smallest absolute Gasteiger partial charge is 0.335 e. The summed E-state index contributed by atoms with van der Waals surface area (Å²) < 4.78 is 1.35. The summed E-state index contributed by atoms with van der Waals surface area (Å²) in [7, 11) is 0. The fraction of sp³-hybridized carbons (Fsp3) is 0.138. The Bertz CT molecular complexity index is 1670. The molecule has 198 valence electrons. The van der Waals surface area contributed by atoms with E-state index in [4.69, 9.17) is 10.2 Å². The molecule has 0 spiro atoms. The quantitative estimate of drug-likeness (QED) is 0.304. The van der Waals surface area contributed by atoms with Gasteiger partial charge in [-0.25, -0.2) is 14.3 Å². The number of allylic oxidation sites excluding steroid dienone is 4. The summed E-state index contributed by atoms with van der Waals surface area (Å²) in [4.78, 5) is 48.3. The van der Waals surface area contributed by atoms with Crippen LogP contribution in [-0.4, -0.2) is 43.6 Å². The molecular weight excluding hydrogens is 500 g/mol. The number of hydrogen-bond acceptors (Lipinski definition) is 5. The highest BCUT2D eigenvalue weighted by Gasteiger charge is 2.28. The van der Waals surface area contributed by atoms with E-state index in [9.17, 15) is 19.2 Å². The molecule has 0 radical (unpaired) electrons. The Kier molecular flexibility index (Phi) is 7.30. The highest BCUT2D eigenvalue weighted by Crippen LogP contribution is 2.25. The maximum Gasteiger partial charge on any atom is 0.335 e. The van der Waals surface area contributed by atoms with Crippen molar-refractivity contribution < 1.29 is 24.6 Å². The van der Waals surface area contributed by atoms with Crippen LogP contribution in [0.15, 0.2) is 87.3 Å². The monoisotopic (exact) mass is 526 g/mol. The van der Waals surface area contributed by atoms with Crippen molar-refractivity contribution >= 4 is 35.3 Å². The number of rotatable bonds is 7. The normalized spacial score (nSPS) is 15.2. The minimum atomic E-state index is -1.05. The number of carboxylic acid groups (broad SMARTS) is 2. The van der Waals surface area contributed by atoms with Crippen LogP contribution in [0.1, 0.15) is 52.7 Å². The van der Waals surface area contributed by atoms with Crippen molar-refractivity contribution in [3.05, 3.63) is 110 Å². The van der Waals surface area contributed by atoms with Gasteiger partial charge in [-0.2, -0.15) is 10.1 Å². The van der Waals surface area contributed by atoms with Crippen molar-refractivity contribution in [3.8, 4) is 5.69 Å². The van der Waals surface area contributed by atoms with E-state index >= 15 is 0 Å². The summed E-state index contributed by atoms with van der Waals surface area (Å²) in [5.74, 6) is -2.43. The fourth-order valence-electron chi connectivity index (χ4n) is 4.17. The van der Waals surface area contributed by atoms with Gasteiger partial charge in [-0.05, 0) is 88.4 Å². The maximum absolute atomic E-state index is 13.1. The Labute approximate surface area is 223 Å². The van der Waals surface area contributed by atoms with Gasteiger partial charge in [-0.15, -0.1) is 0 Å². The number of H-pyrrole nitrogens is 1. The molecule has 0 saturated carbocycles. The first kappa shape index (κ1) is 26.8. The molecule has 1 aliphatic rings. The highest BCUT2D eigenvalue weighted by molar-refractivity contribution is 6.30. The van der Waals surface area contributed by atoms with E-state index in [-0.39, 0.29) is 22.6 Å².